The molecule has 0 saturated carbocycles. The number of hydrogen-bond donors (Lipinski definition) is 1. The van der Waals surface area contributed by atoms with E-state index in [0.717, 1.165) is 24.6 Å². The van der Waals surface area contributed by atoms with Crippen molar-refractivity contribution in [1.82, 2.24) is 4.98 Å². The number of furan rings is 1. The smallest absolute Gasteiger partial charge is 0.412 e. The van der Waals surface area contributed by atoms with Crippen LogP contribution in [0.15, 0.2) is 71.4 Å². The molecule has 0 radical (unpaired) electrons. The fraction of sp³-hybridized carbons (Fsp3) is 0.240. The van der Waals surface area contributed by atoms with Crippen LogP contribution in [0.1, 0.15) is 41.1 Å². The highest BCUT2D eigenvalue weighted by Crippen LogP contribution is 2.18. The van der Waals surface area contributed by atoms with E-state index >= 15 is 0 Å². The van der Waals surface area contributed by atoms with Gasteiger partial charge in [0.25, 0.3) is 0 Å². The van der Waals surface area contributed by atoms with Gasteiger partial charge in [0.1, 0.15) is 11.6 Å². The summed E-state index contributed by atoms with van der Waals surface area (Å²) in [4.78, 5) is 31.3. The van der Waals surface area contributed by atoms with Crippen LogP contribution in [0.4, 0.5) is 16.3 Å². The summed E-state index contributed by atoms with van der Waals surface area (Å²) in [5, 5.41) is 2.62. The quantitative estimate of drug-likeness (QED) is 0.403. The number of nitrogens with zero attached hydrogens (tertiary/aromatic N) is 2. The lowest BCUT2D eigenvalue weighted by Gasteiger charge is -2.27. The second-order valence-electron chi connectivity index (χ2n) is 7.52. The maximum Gasteiger partial charge on any atom is 0.412 e. The highest BCUT2D eigenvalue weighted by atomic mass is 16.6. The van der Waals surface area contributed by atoms with E-state index in [1.165, 1.54) is 31.6 Å². The van der Waals surface area contributed by atoms with Crippen molar-refractivity contribution in [3.05, 3.63) is 84.0 Å². The van der Waals surface area contributed by atoms with E-state index in [-0.39, 0.29) is 12.4 Å². The number of piperidine rings is 1. The van der Waals surface area contributed by atoms with E-state index in [0.29, 0.717) is 17.0 Å². The van der Waals surface area contributed by atoms with Crippen LogP contribution < -0.4 is 10.2 Å². The zero-order chi connectivity index (χ0) is 22.2. The summed E-state index contributed by atoms with van der Waals surface area (Å²) in [5.74, 6) is 1.37. The molecule has 164 valence electrons. The molecule has 1 fully saturated rings. The Kier molecular flexibility index (Phi) is 6.97. The number of ketones is 1. The molecule has 1 saturated heterocycles. The molecule has 0 atom stereocenters. The van der Waals surface area contributed by atoms with Crippen molar-refractivity contribution < 1.29 is 18.7 Å². The number of allylic oxidation sites excluding steroid dienone is 1. The Hall–Kier alpha value is -3.87. The summed E-state index contributed by atoms with van der Waals surface area (Å²) in [6.45, 7) is 2.10. The van der Waals surface area contributed by atoms with Crippen LogP contribution >= 0.6 is 0 Å². The van der Waals surface area contributed by atoms with Gasteiger partial charge >= 0.3 is 6.09 Å². The number of carbonyl (C=O) groups excluding carboxylic acids is 2. The van der Waals surface area contributed by atoms with E-state index in [2.05, 4.69) is 15.2 Å². The van der Waals surface area contributed by atoms with Crippen molar-refractivity contribution in [2.75, 3.05) is 23.3 Å². The Morgan fingerprint density at radius 1 is 1.03 bits per heavy atom. The van der Waals surface area contributed by atoms with Gasteiger partial charge in [-0.25, -0.2) is 9.78 Å². The zero-order valence-corrected chi connectivity index (χ0v) is 17.7. The van der Waals surface area contributed by atoms with Gasteiger partial charge in [-0.2, -0.15) is 0 Å². The van der Waals surface area contributed by atoms with E-state index in [1.807, 2.05) is 18.2 Å². The number of benzene rings is 1. The van der Waals surface area contributed by atoms with Crippen LogP contribution in [0.3, 0.4) is 0 Å². The number of hydrogen-bond acceptors (Lipinski definition) is 6. The number of ether oxygens (including phenoxy) is 1. The summed E-state index contributed by atoms with van der Waals surface area (Å²) in [6.07, 6.45) is 7.81. The highest BCUT2D eigenvalue weighted by molar-refractivity contribution is 6.07. The SMILES string of the molecule is O=C(Nc1ccc(C(=O)C=Cc2cccc(N3CCCCC3)n2)cc1)OCc1ccco1. The molecule has 1 aliphatic heterocycles. The third-order valence-corrected chi connectivity index (χ3v) is 5.18. The molecule has 1 aliphatic rings. The number of pyridine rings is 1. The molecule has 0 aliphatic carbocycles. The second-order valence-corrected chi connectivity index (χ2v) is 7.52. The van der Waals surface area contributed by atoms with Gasteiger partial charge in [0.15, 0.2) is 12.4 Å². The molecule has 2 aromatic heterocycles. The summed E-state index contributed by atoms with van der Waals surface area (Å²) in [7, 11) is 0. The third kappa shape index (κ3) is 5.85. The summed E-state index contributed by atoms with van der Waals surface area (Å²) in [6, 6.07) is 15.9. The molecule has 3 aromatic rings. The van der Waals surface area contributed by atoms with Crippen LogP contribution in [0.5, 0.6) is 0 Å². The average molecular weight is 431 g/mol. The number of amides is 1. The Bertz CT molecular complexity index is 1070. The maximum atomic E-state index is 12.5. The average Bonchev–Trinajstić information content (AvgIpc) is 3.36. The summed E-state index contributed by atoms with van der Waals surface area (Å²) in [5.41, 5.74) is 1.80. The molecular weight excluding hydrogens is 406 g/mol. The molecule has 1 N–H and O–H groups in total. The van der Waals surface area contributed by atoms with Gasteiger partial charge in [-0.15, -0.1) is 0 Å². The lowest BCUT2D eigenvalue weighted by molar-refractivity contribution is 0.104. The minimum Gasteiger partial charge on any atom is -0.466 e. The van der Waals surface area contributed by atoms with E-state index < -0.39 is 6.09 Å². The second kappa shape index (κ2) is 10.4. The van der Waals surface area contributed by atoms with E-state index in [9.17, 15) is 9.59 Å². The Morgan fingerprint density at radius 2 is 1.84 bits per heavy atom. The van der Waals surface area contributed by atoms with Gasteiger partial charge in [0.05, 0.1) is 12.0 Å². The predicted molar refractivity (Wildman–Crippen MR) is 123 cm³/mol. The number of carbonyl (C=O) groups is 2. The molecule has 7 heteroatoms. The molecule has 0 bridgehead atoms. The molecule has 1 amide bonds. The zero-order valence-electron chi connectivity index (χ0n) is 17.7. The number of anilines is 2. The van der Waals surface area contributed by atoms with Crippen molar-refractivity contribution in [3.63, 3.8) is 0 Å². The van der Waals surface area contributed by atoms with Crippen LogP contribution in [0.25, 0.3) is 6.08 Å². The minimum absolute atomic E-state index is 0.0488. The maximum absolute atomic E-state index is 12.5. The van der Waals surface area contributed by atoms with E-state index in [1.54, 1.807) is 42.5 Å². The summed E-state index contributed by atoms with van der Waals surface area (Å²) < 4.78 is 10.2. The Labute approximate surface area is 186 Å². The molecule has 0 unspecified atom stereocenters. The van der Waals surface area contributed by atoms with Gasteiger partial charge in [0.2, 0.25) is 0 Å². The number of aromatic nitrogens is 1. The Morgan fingerprint density at radius 3 is 2.59 bits per heavy atom. The van der Waals surface area contributed by atoms with Gasteiger partial charge in [-0.1, -0.05) is 6.07 Å². The lowest BCUT2D eigenvalue weighted by Crippen LogP contribution is -2.30. The first-order valence-electron chi connectivity index (χ1n) is 10.7. The van der Waals surface area contributed by atoms with Gasteiger partial charge < -0.3 is 14.1 Å². The minimum atomic E-state index is -0.597. The standard InChI is InChI=1S/C25H25N3O4/c29-23(14-13-20-6-4-8-24(26-20)28-15-2-1-3-16-28)19-9-11-21(12-10-19)27-25(30)32-18-22-7-5-17-31-22/h4-14,17H,1-3,15-16,18H2,(H,27,30). The Balaban J connectivity index is 1.31. The van der Waals surface area contributed by atoms with Crippen molar-refractivity contribution in [2.45, 2.75) is 25.9 Å². The first-order valence-corrected chi connectivity index (χ1v) is 10.7. The normalized spacial score (nSPS) is 13.8. The molecule has 4 rings (SSSR count). The van der Waals surface area contributed by atoms with E-state index in [4.69, 9.17) is 9.15 Å². The van der Waals surface area contributed by atoms with Gasteiger partial charge in [-0.3, -0.25) is 10.1 Å². The van der Waals surface area contributed by atoms with Gasteiger partial charge in [0, 0.05) is 24.3 Å². The fourth-order valence-corrected chi connectivity index (χ4v) is 3.49. The van der Waals surface area contributed by atoms with Gasteiger partial charge in [-0.05, 0) is 79.9 Å². The predicted octanol–water partition coefficient (Wildman–Crippen LogP) is 5.31. The highest BCUT2D eigenvalue weighted by Gasteiger charge is 2.12. The number of rotatable bonds is 7. The first-order chi connectivity index (χ1) is 15.7. The molecule has 7 nitrogen and oxygen atoms in total. The van der Waals surface area contributed by atoms with Crippen LogP contribution in [0, 0.1) is 0 Å². The fourth-order valence-electron chi connectivity index (χ4n) is 3.49. The van der Waals surface area contributed by atoms with Crippen molar-refractivity contribution in [3.8, 4) is 0 Å². The van der Waals surface area contributed by atoms with Crippen LogP contribution in [-0.4, -0.2) is 29.9 Å². The molecule has 0 spiro atoms. The molecule has 1 aromatic carbocycles. The molecule has 3 heterocycles. The van der Waals surface area contributed by atoms with Crippen molar-refractivity contribution in [1.29, 1.82) is 0 Å². The molecular formula is C25H25N3O4. The summed E-state index contributed by atoms with van der Waals surface area (Å²) >= 11 is 0. The first kappa shape index (κ1) is 21.4. The van der Waals surface area contributed by atoms with Crippen LogP contribution in [0.2, 0.25) is 0 Å². The number of nitrogens with one attached hydrogen (secondary N) is 1. The largest absolute Gasteiger partial charge is 0.466 e. The topological polar surface area (TPSA) is 84.7 Å². The monoisotopic (exact) mass is 431 g/mol. The van der Waals surface area contributed by atoms with Crippen molar-refractivity contribution in [2.24, 2.45) is 0 Å². The van der Waals surface area contributed by atoms with Crippen molar-refractivity contribution >= 4 is 29.5 Å². The van der Waals surface area contributed by atoms with Crippen LogP contribution in [-0.2, 0) is 11.3 Å². The molecule has 32 heavy (non-hydrogen) atoms. The lowest BCUT2D eigenvalue weighted by atomic mass is 10.1. The third-order valence-electron chi connectivity index (χ3n) is 5.18.